The monoisotopic (exact) mass is 468 g/mol. The zero-order valence-corrected chi connectivity index (χ0v) is 20.0. The second-order valence-electron chi connectivity index (χ2n) is 9.03. The maximum absolute atomic E-state index is 14.8. The Morgan fingerprint density at radius 2 is 1.97 bits per heavy atom. The summed E-state index contributed by atoms with van der Waals surface area (Å²) in [5.41, 5.74) is 3.28. The summed E-state index contributed by atoms with van der Waals surface area (Å²) in [4.78, 5) is 9.18. The summed E-state index contributed by atoms with van der Waals surface area (Å²) in [5, 5.41) is 14.7. The Balaban J connectivity index is 1.32. The maximum Gasteiger partial charge on any atom is 0.188 e. The first-order chi connectivity index (χ1) is 16.0. The van der Waals surface area contributed by atoms with Crippen molar-refractivity contribution in [2.75, 3.05) is 43.5 Å². The number of nitrogens with zero attached hydrogens (tertiary/aromatic N) is 5. The standard InChI is InChI=1S/C24H29FN6OS/c1-15(2)31-10-11-32-23-18(25)12-17(13-21(23)31)20-14-33-24(26-20)27-22-5-4-19(28-29-22)16-6-8-30(3)9-7-16/h4-5,12-16H,6-11H2,1-3H3,(H,26,27,29). The molecule has 0 atom stereocenters. The Labute approximate surface area is 197 Å². The largest absolute Gasteiger partial charge is 0.486 e. The van der Waals surface area contributed by atoms with Gasteiger partial charge in [-0.3, -0.25) is 0 Å². The third-order valence-corrected chi connectivity index (χ3v) is 7.15. The van der Waals surface area contributed by atoms with E-state index in [9.17, 15) is 4.39 Å². The molecule has 0 spiro atoms. The van der Waals surface area contributed by atoms with Crippen LogP contribution >= 0.6 is 11.3 Å². The van der Waals surface area contributed by atoms with Gasteiger partial charge < -0.3 is 19.9 Å². The van der Waals surface area contributed by atoms with Gasteiger partial charge in [0.1, 0.15) is 6.61 Å². The van der Waals surface area contributed by atoms with E-state index in [0.717, 1.165) is 55.1 Å². The summed E-state index contributed by atoms with van der Waals surface area (Å²) in [7, 11) is 2.16. The van der Waals surface area contributed by atoms with Gasteiger partial charge in [0.2, 0.25) is 0 Å². The van der Waals surface area contributed by atoms with Crippen LogP contribution in [0.15, 0.2) is 29.6 Å². The number of halogens is 1. The van der Waals surface area contributed by atoms with E-state index in [1.54, 1.807) is 0 Å². The summed E-state index contributed by atoms with van der Waals surface area (Å²) in [5.74, 6) is 1.10. The Hall–Kier alpha value is -2.78. The number of rotatable bonds is 5. The summed E-state index contributed by atoms with van der Waals surface area (Å²) in [6, 6.07) is 7.73. The fraction of sp³-hybridized carbons (Fsp3) is 0.458. The van der Waals surface area contributed by atoms with Gasteiger partial charge in [0.25, 0.3) is 0 Å². The molecule has 4 heterocycles. The number of anilines is 3. The van der Waals surface area contributed by atoms with Crippen molar-refractivity contribution in [2.24, 2.45) is 0 Å². The first-order valence-corrected chi connectivity index (χ1v) is 12.3. The van der Waals surface area contributed by atoms with E-state index in [1.165, 1.54) is 17.4 Å². The minimum atomic E-state index is -0.356. The third kappa shape index (κ3) is 4.65. The van der Waals surface area contributed by atoms with Crippen LogP contribution in [0, 0.1) is 5.82 Å². The van der Waals surface area contributed by atoms with Crippen molar-refractivity contribution in [3.8, 4) is 17.0 Å². The van der Waals surface area contributed by atoms with Gasteiger partial charge in [-0.15, -0.1) is 16.4 Å². The lowest BCUT2D eigenvalue weighted by Crippen LogP contribution is -2.38. The van der Waals surface area contributed by atoms with Crippen molar-refractivity contribution in [3.63, 3.8) is 0 Å². The molecule has 7 nitrogen and oxygen atoms in total. The highest BCUT2D eigenvalue weighted by molar-refractivity contribution is 7.14. The predicted molar refractivity (Wildman–Crippen MR) is 130 cm³/mol. The van der Waals surface area contributed by atoms with E-state index in [4.69, 9.17) is 4.74 Å². The smallest absolute Gasteiger partial charge is 0.188 e. The van der Waals surface area contributed by atoms with Crippen molar-refractivity contribution in [2.45, 2.75) is 38.6 Å². The molecule has 1 saturated heterocycles. The molecule has 174 valence electrons. The lowest BCUT2D eigenvalue weighted by atomic mass is 9.94. The van der Waals surface area contributed by atoms with Gasteiger partial charge >= 0.3 is 0 Å². The Morgan fingerprint density at radius 1 is 1.15 bits per heavy atom. The van der Waals surface area contributed by atoms with Crippen LogP contribution in [0.3, 0.4) is 0 Å². The third-order valence-electron chi connectivity index (χ3n) is 6.39. The average molecular weight is 469 g/mol. The summed E-state index contributed by atoms with van der Waals surface area (Å²) >= 11 is 1.46. The molecule has 3 aromatic rings. The van der Waals surface area contributed by atoms with Gasteiger partial charge in [0, 0.05) is 22.9 Å². The van der Waals surface area contributed by atoms with Gasteiger partial charge in [-0.1, -0.05) is 0 Å². The minimum Gasteiger partial charge on any atom is -0.486 e. The molecule has 5 rings (SSSR count). The average Bonchev–Trinajstić information content (AvgIpc) is 3.28. The highest BCUT2D eigenvalue weighted by Crippen LogP contribution is 2.39. The zero-order valence-electron chi connectivity index (χ0n) is 19.2. The lowest BCUT2D eigenvalue weighted by Gasteiger charge is -2.34. The number of hydrogen-bond acceptors (Lipinski definition) is 8. The van der Waals surface area contributed by atoms with Crippen LogP contribution < -0.4 is 15.0 Å². The number of likely N-dealkylation sites (tertiary alicyclic amines) is 1. The van der Waals surface area contributed by atoms with Crippen LogP contribution in [0.2, 0.25) is 0 Å². The van der Waals surface area contributed by atoms with Crippen molar-refractivity contribution >= 4 is 28.0 Å². The number of aromatic nitrogens is 3. The molecule has 1 aromatic carbocycles. The Morgan fingerprint density at radius 3 is 2.70 bits per heavy atom. The Kier molecular flexibility index (Phi) is 6.16. The zero-order chi connectivity index (χ0) is 22.9. The van der Waals surface area contributed by atoms with E-state index in [1.807, 2.05) is 17.5 Å². The second-order valence-corrected chi connectivity index (χ2v) is 9.88. The first kappa shape index (κ1) is 22.0. The van der Waals surface area contributed by atoms with Crippen molar-refractivity contribution < 1.29 is 9.13 Å². The normalized spacial score (nSPS) is 17.2. The molecule has 0 aliphatic carbocycles. The van der Waals surface area contributed by atoms with Gasteiger partial charge in [0.05, 0.1) is 23.6 Å². The molecule has 2 aliphatic heterocycles. The quantitative estimate of drug-likeness (QED) is 0.571. The van der Waals surface area contributed by atoms with E-state index < -0.39 is 0 Å². The van der Waals surface area contributed by atoms with E-state index >= 15 is 0 Å². The minimum absolute atomic E-state index is 0.256. The number of nitrogens with one attached hydrogen (secondary N) is 1. The number of fused-ring (bicyclic) bond motifs is 1. The topological polar surface area (TPSA) is 66.4 Å². The SMILES string of the molecule is CC(C)N1CCOc2c(F)cc(-c3csc(Nc4ccc(C5CCN(C)CC5)nn4)n3)cc21. The van der Waals surface area contributed by atoms with Crippen LogP contribution in [0.1, 0.15) is 38.3 Å². The van der Waals surface area contributed by atoms with E-state index in [2.05, 4.69) is 57.3 Å². The van der Waals surface area contributed by atoms with Gasteiger partial charge in [0.15, 0.2) is 22.5 Å². The number of ether oxygens (including phenoxy) is 1. The molecule has 0 bridgehead atoms. The molecule has 33 heavy (non-hydrogen) atoms. The summed E-state index contributed by atoms with van der Waals surface area (Å²) in [6.45, 7) is 7.62. The molecule has 0 radical (unpaired) electrons. The highest BCUT2D eigenvalue weighted by atomic mass is 32.1. The molecule has 1 N–H and O–H groups in total. The molecule has 9 heteroatoms. The second kappa shape index (κ2) is 9.23. The molecule has 0 saturated carbocycles. The molecule has 1 fully saturated rings. The summed E-state index contributed by atoms with van der Waals surface area (Å²) < 4.78 is 20.4. The first-order valence-electron chi connectivity index (χ1n) is 11.5. The van der Waals surface area contributed by atoms with Crippen molar-refractivity contribution in [1.82, 2.24) is 20.1 Å². The van der Waals surface area contributed by atoms with Crippen LogP contribution in [-0.4, -0.2) is 59.4 Å². The predicted octanol–water partition coefficient (Wildman–Crippen LogP) is 4.90. The van der Waals surface area contributed by atoms with Gasteiger partial charge in [-0.2, -0.15) is 5.10 Å². The van der Waals surface area contributed by atoms with Crippen LogP contribution in [0.5, 0.6) is 5.75 Å². The lowest BCUT2D eigenvalue weighted by molar-refractivity contribution is 0.253. The molecular formula is C24H29FN6OS. The Bertz CT molecular complexity index is 1110. The van der Waals surface area contributed by atoms with Crippen LogP contribution in [0.4, 0.5) is 21.0 Å². The number of benzene rings is 1. The maximum atomic E-state index is 14.8. The van der Waals surface area contributed by atoms with Gasteiger partial charge in [-0.05, 0) is 71.1 Å². The van der Waals surface area contributed by atoms with Crippen LogP contribution in [0.25, 0.3) is 11.3 Å². The molecule has 2 aliphatic rings. The van der Waals surface area contributed by atoms with Crippen molar-refractivity contribution in [3.05, 3.63) is 41.2 Å². The molecular weight excluding hydrogens is 439 g/mol. The number of thiazole rings is 1. The van der Waals surface area contributed by atoms with E-state index in [-0.39, 0.29) is 11.9 Å². The van der Waals surface area contributed by atoms with Crippen molar-refractivity contribution in [1.29, 1.82) is 0 Å². The molecule has 2 aromatic heterocycles. The van der Waals surface area contributed by atoms with Crippen LogP contribution in [-0.2, 0) is 0 Å². The summed E-state index contributed by atoms with van der Waals surface area (Å²) in [6.07, 6.45) is 2.23. The van der Waals surface area contributed by atoms with E-state index in [0.29, 0.717) is 29.2 Å². The fourth-order valence-corrected chi connectivity index (χ4v) is 5.22. The molecule has 0 unspecified atom stereocenters. The molecule has 0 amide bonds. The number of piperidine rings is 1. The fourth-order valence-electron chi connectivity index (χ4n) is 4.49. The highest BCUT2D eigenvalue weighted by Gasteiger charge is 2.25. The number of hydrogen-bond donors (Lipinski definition) is 1. The van der Waals surface area contributed by atoms with Gasteiger partial charge in [-0.25, -0.2) is 9.37 Å².